The molecule has 1 saturated heterocycles. The van der Waals surface area contributed by atoms with Crippen LogP contribution in [0.4, 0.5) is 0 Å². The molecule has 0 saturated carbocycles. The van der Waals surface area contributed by atoms with Crippen LogP contribution in [-0.2, 0) is 9.59 Å². The van der Waals surface area contributed by atoms with Crippen molar-refractivity contribution in [3.63, 3.8) is 0 Å². The Labute approximate surface area is 130 Å². The van der Waals surface area contributed by atoms with Crippen LogP contribution in [0, 0.1) is 13.8 Å². The lowest BCUT2D eigenvalue weighted by Crippen LogP contribution is -2.62. The van der Waals surface area contributed by atoms with Crippen molar-refractivity contribution in [2.45, 2.75) is 65.6 Å². The molecule has 3 unspecified atom stereocenters. The van der Waals surface area contributed by atoms with E-state index in [1.165, 1.54) is 9.75 Å². The first-order valence-corrected chi connectivity index (χ1v) is 8.38. The highest BCUT2D eigenvalue weighted by molar-refractivity contribution is 7.12. The Balaban J connectivity index is 2.32. The number of amides is 2. The summed E-state index contributed by atoms with van der Waals surface area (Å²) in [6, 6.07) is 1.27. The van der Waals surface area contributed by atoms with Crippen molar-refractivity contribution < 1.29 is 9.59 Å². The number of nitrogens with zero attached hydrogens (tertiary/aromatic N) is 1. The van der Waals surface area contributed by atoms with Crippen molar-refractivity contribution >= 4 is 23.2 Å². The van der Waals surface area contributed by atoms with Gasteiger partial charge in [0.15, 0.2) is 0 Å². The fourth-order valence-electron chi connectivity index (χ4n) is 3.08. The third-order valence-corrected chi connectivity index (χ3v) is 5.17. The number of rotatable bonds is 4. The number of nitrogens with one attached hydrogen (secondary N) is 1. The summed E-state index contributed by atoms with van der Waals surface area (Å²) in [5.74, 6) is -0.00999. The molecule has 1 aliphatic heterocycles. The van der Waals surface area contributed by atoms with Crippen molar-refractivity contribution in [1.82, 2.24) is 10.2 Å². The lowest BCUT2D eigenvalue weighted by atomic mass is 9.99. The number of carbonyl (C=O) groups is 2. The number of hydrogen-bond acceptors (Lipinski definition) is 3. The second-order valence-corrected chi connectivity index (χ2v) is 7.28. The van der Waals surface area contributed by atoms with Crippen LogP contribution >= 0.6 is 11.3 Å². The van der Waals surface area contributed by atoms with Gasteiger partial charge in [0.05, 0.1) is 6.04 Å². The summed E-state index contributed by atoms with van der Waals surface area (Å²) in [6.07, 6.45) is 1.58. The monoisotopic (exact) mass is 308 g/mol. The minimum absolute atomic E-state index is 0.0414. The number of piperazine rings is 1. The Hall–Kier alpha value is -1.36. The Morgan fingerprint density at radius 2 is 2.05 bits per heavy atom. The molecule has 3 atom stereocenters. The number of thiophene rings is 1. The molecule has 5 heteroatoms. The van der Waals surface area contributed by atoms with Gasteiger partial charge < -0.3 is 10.2 Å². The largest absolute Gasteiger partial charge is 0.343 e. The lowest BCUT2D eigenvalue weighted by molar-refractivity contribution is -0.151. The molecular formula is C16H24N2O2S. The van der Waals surface area contributed by atoms with Crippen molar-refractivity contribution in [2.24, 2.45) is 0 Å². The highest BCUT2D eigenvalue weighted by Crippen LogP contribution is 2.32. The van der Waals surface area contributed by atoms with Crippen LogP contribution in [0.1, 0.15) is 55.0 Å². The molecule has 0 aliphatic carbocycles. The van der Waals surface area contributed by atoms with Gasteiger partial charge in [-0.15, -0.1) is 11.3 Å². The molecule has 2 rings (SSSR count). The van der Waals surface area contributed by atoms with Gasteiger partial charge in [-0.2, -0.15) is 0 Å². The fourth-order valence-corrected chi connectivity index (χ4v) is 4.09. The number of hydrogen-bond donors (Lipinski definition) is 1. The van der Waals surface area contributed by atoms with Gasteiger partial charge in [-0.3, -0.25) is 9.59 Å². The van der Waals surface area contributed by atoms with Crippen LogP contribution in [0.5, 0.6) is 0 Å². The van der Waals surface area contributed by atoms with Gasteiger partial charge >= 0.3 is 0 Å². The lowest BCUT2D eigenvalue weighted by Gasteiger charge is -2.41. The first-order valence-electron chi connectivity index (χ1n) is 7.56. The van der Waals surface area contributed by atoms with E-state index < -0.39 is 6.04 Å². The molecule has 0 bridgehead atoms. The van der Waals surface area contributed by atoms with Gasteiger partial charge in [0.1, 0.15) is 12.1 Å². The van der Waals surface area contributed by atoms with E-state index in [-0.39, 0.29) is 23.9 Å². The molecule has 0 aromatic carbocycles. The molecule has 1 fully saturated rings. The summed E-state index contributed by atoms with van der Waals surface area (Å²) in [6.45, 7) is 10.00. The smallest absolute Gasteiger partial charge is 0.246 e. The Bertz CT molecular complexity index is 552. The zero-order valence-electron chi connectivity index (χ0n) is 13.4. The third-order valence-electron chi connectivity index (χ3n) is 4.19. The van der Waals surface area contributed by atoms with Gasteiger partial charge in [-0.05, 0) is 45.7 Å². The number of aryl methyl sites for hydroxylation is 2. The second-order valence-electron chi connectivity index (χ2n) is 5.82. The highest BCUT2D eigenvalue weighted by Gasteiger charge is 2.40. The van der Waals surface area contributed by atoms with Gasteiger partial charge in [0, 0.05) is 9.75 Å². The summed E-state index contributed by atoms with van der Waals surface area (Å²) in [4.78, 5) is 29.1. The maximum absolute atomic E-state index is 12.7. The average Bonchev–Trinajstić information content (AvgIpc) is 2.75. The van der Waals surface area contributed by atoms with Crippen molar-refractivity contribution in [3.05, 3.63) is 21.4 Å². The molecule has 1 aliphatic rings. The predicted molar refractivity (Wildman–Crippen MR) is 85.4 cm³/mol. The van der Waals surface area contributed by atoms with E-state index in [4.69, 9.17) is 0 Å². The normalized spacial score (nSPS) is 24.1. The minimum Gasteiger partial charge on any atom is -0.343 e. The van der Waals surface area contributed by atoms with Crippen LogP contribution < -0.4 is 5.32 Å². The van der Waals surface area contributed by atoms with Gasteiger partial charge in [-0.1, -0.05) is 13.3 Å². The van der Waals surface area contributed by atoms with E-state index in [1.54, 1.807) is 23.2 Å². The zero-order chi connectivity index (χ0) is 15.7. The molecule has 0 radical (unpaired) electrons. The van der Waals surface area contributed by atoms with Crippen LogP contribution in [0.15, 0.2) is 6.07 Å². The van der Waals surface area contributed by atoms with Crippen LogP contribution in [0.2, 0.25) is 0 Å². The molecule has 4 nitrogen and oxygen atoms in total. The van der Waals surface area contributed by atoms with Crippen LogP contribution in [-0.4, -0.2) is 28.8 Å². The van der Waals surface area contributed by atoms with E-state index in [0.29, 0.717) is 6.42 Å². The Morgan fingerprint density at radius 3 is 2.57 bits per heavy atom. The molecule has 1 aromatic heterocycles. The SMILES string of the molecule is CCCC1NC(=O)C(C)N(C(C)c2cc(C)sc2C)C1=O. The first kappa shape index (κ1) is 16.0. The highest BCUT2D eigenvalue weighted by atomic mass is 32.1. The molecule has 21 heavy (non-hydrogen) atoms. The zero-order valence-corrected chi connectivity index (χ0v) is 14.2. The van der Waals surface area contributed by atoms with E-state index in [1.807, 2.05) is 13.8 Å². The van der Waals surface area contributed by atoms with Crippen LogP contribution in [0.3, 0.4) is 0 Å². The molecule has 116 valence electrons. The summed E-state index contributed by atoms with van der Waals surface area (Å²) in [5.41, 5.74) is 1.16. The summed E-state index contributed by atoms with van der Waals surface area (Å²) < 4.78 is 0. The summed E-state index contributed by atoms with van der Waals surface area (Å²) in [5, 5.41) is 2.85. The van der Waals surface area contributed by atoms with Crippen molar-refractivity contribution in [3.8, 4) is 0 Å². The van der Waals surface area contributed by atoms with Gasteiger partial charge in [0.2, 0.25) is 11.8 Å². The third kappa shape index (κ3) is 2.98. The minimum atomic E-state index is -0.416. The Kier molecular flexibility index (Phi) is 4.71. The molecule has 1 aromatic rings. The fraction of sp³-hybridized carbons (Fsp3) is 0.625. The second kappa shape index (κ2) is 6.18. The topological polar surface area (TPSA) is 49.4 Å². The molecule has 2 heterocycles. The van der Waals surface area contributed by atoms with Crippen molar-refractivity contribution in [2.75, 3.05) is 0 Å². The molecular weight excluding hydrogens is 284 g/mol. The van der Waals surface area contributed by atoms with E-state index in [0.717, 1.165) is 12.0 Å². The molecule has 2 amide bonds. The molecule has 0 spiro atoms. The maximum atomic E-state index is 12.7. The van der Waals surface area contributed by atoms with E-state index >= 15 is 0 Å². The first-order chi connectivity index (χ1) is 9.86. The van der Waals surface area contributed by atoms with E-state index in [9.17, 15) is 9.59 Å². The number of carbonyl (C=O) groups excluding carboxylic acids is 2. The van der Waals surface area contributed by atoms with Crippen LogP contribution in [0.25, 0.3) is 0 Å². The standard InChI is InChI=1S/C16H24N2O2S/c1-6-7-14-16(20)18(11(4)15(19)17-14)10(3)13-8-9(2)21-12(13)5/h8,10-11,14H,6-7H2,1-5H3,(H,17,19). The Morgan fingerprint density at radius 1 is 1.38 bits per heavy atom. The van der Waals surface area contributed by atoms with Gasteiger partial charge in [-0.25, -0.2) is 0 Å². The van der Waals surface area contributed by atoms with Gasteiger partial charge in [0.25, 0.3) is 0 Å². The maximum Gasteiger partial charge on any atom is 0.246 e. The molecule has 1 N–H and O–H groups in total. The average molecular weight is 308 g/mol. The predicted octanol–water partition coefficient (Wildman–Crippen LogP) is 2.94. The van der Waals surface area contributed by atoms with E-state index in [2.05, 4.69) is 25.2 Å². The summed E-state index contributed by atoms with van der Waals surface area (Å²) in [7, 11) is 0. The quantitative estimate of drug-likeness (QED) is 0.929. The van der Waals surface area contributed by atoms with Crippen molar-refractivity contribution in [1.29, 1.82) is 0 Å². The summed E-state index contributed by atoms with van der Waals surface area (Å²) >= 11 is 1.74.